The van der Waals surface area contributed by atoms with Crippen LogP contribution in [-0.4, -0.2) is 36.1 Å². The van der Waals surface area contributed by atoms with Gasteiger partial charge in [0.25, 0.3) is 0 Å². The lowest BCUT2D eigenvalue weighted by Crippen LogP contribution is -2.48. The molecule has 0 amide bonds. The Morgan fingerprint density at radius 2 is 1.30 bits per heavy atom. The average Bonchev–Trinajstić information content (AvgIpc) is 2.73. The predicted molar refractivity (Wildman–Crippen MR) is 111 cm³/mol. The molecule has 3 heteroatoms. The van der Waals surface area contributed by atoms with Crippen molar-refractivity contribution < 1.29 is 14.9 Å². The monoisotopic (exact) mass is 380 g/mol. The van der Waals surface area contributed by atoms with Crippen molar-refractivity contribution in [1.82, 2.24) is 0 Å². The first-order valence-electron chi connectivity index (χ1n) is 12.0. The van der Waals surface area contributed by atoms with Crippen LogP contribution in [0.25, 0.3) is 0 Å². The second-order valence-corrected chi connectivity index (χ2v) is 9.84. The zero-order chi connectivity index (χ0) is 19.1. The highest BCUT2D eigenvalue weighted by Crippen LogP contribution is 2.59. The highest BCUT2D eigenvalue weighted by Gasteiger charge is 2.50. The fourth-order valence-electron chi connectivity index (χ4n) is 7.24. The fraction of sp³-hybridized carbons (Fsp3) is 1.00. The molecule has 0 aromatic rings. The molecule has 2 N–H and O–H groups in total. The van der Waals surface area contributed by atoms with Crippen LogP contribution in [0.5, 0.6) is 0 Å². The maximum Gasteiger partial charge on any atom is 0.0571 e. The summed E-state index contributed by atoms with van der Waals surface area (Å²) in [6.45, 7) is 0.334. The predicted octanol–water partition coefficient (Wildman–Crippen LogP) is 5.47. The summed E-state index contributed by atoms with van der Waals surface area (Å²) >= 11 is 0. The molecule has 27 heavy (non-hydrogen) atoms. The minimum absolute atomic E-state index is 0.0630. The third-order valence-electron chi connectivity index (χ3n) is 8.61. The third-order valence-corrected chi connectivity index (χ3v) is 8.61. The van der Waals surface area contributed by atoms with Crippen LogP contribution in [0.2, 0.25) is 0 Å². The Morgan fingerprint density at radius 1 is 0.741 bits per heavy atom. The molecule has 0 aromatic heterocycles. The molecule has 3 rings (SSSR count). The van der Waals surface area contributed by atoms with E-state index in [2.05, 4.69) is 0 Å². The van der Waals surface area contributed by atoms with Crippen molar-refractivity contribution >= 4 is 0 Å². The standard InChI is InChI=1S/C24H44O3/c1-27-23-15-11-21(12-16-23)24(17-5-6-18-25,19-7-3-2-4-8-19)20-9-13-22(26)14-10-20/h19-23,25-26H,2-18H2,1H3. The van der Waals surface area contributed by atoms with Crippen molar-refractivity contribution in [1.29, 1.82) is 0 Å². The summed E-state index contributed by atoms with van der Waals surface area (Å²) in [5.41, 5.74) is 0.453. The number of unbranched alkanes of at least 4 members (excludes halogenated alkanes) is 1. The van der Waals surface area contributed by atoms with E-state index in [-0.39, 0.29) is 6.10 Å². The van der Waals surface area contributed by atoms with Crippen LogP contribution in [0.4, 0.5) is 0 Å². The van der Waals surface area contributed by atoms with Crippen molar-refractivity contribution in [3.05, 3.63) is 0 Å². The normalized spacial score (nSPS) is 35.7. The molecule has 0 aliphatic heterocycles. The van der Waals surface area contributed by atoms with Crippen LogP contribution in [-0.2, 0) is 4.74 Å². The summed E-state index contributed by atoms with van der Waals surface area (Å²) in [5, 5.41) is 19.6. The Hall–Kier alpha value is -0.120. The van der Waals surface area contributed by atoms with Gasteiger partial charge in [-0.05, 0) is 100 Å². The van der Waals surface area contributed by atoms with E-state index in [0.29, 0.717) is 18.1 Å². The van der Waals surface area contributed by atoms with Gasteiger partial charge >= 0.3 is 0 Å². The van der Waals surface area contributed by atoms with E-state index in [9.17, 15) is 10.2 Å². The molecule has 158 valence electrons. The van der Waals surface area contributed by atoms with Crippen LogP contribution < -0.4 is 0 Å². The van der Waals surface area contributed by atoms with Crippen LogP contribution in [0.3, 0.4) is 0 Å². The number of methoxy groups -OCH3 is 1. The molecule has 3 aliphatic rings. The molecule has 3 aliphatic carbocycles. The van der Waals surface area contributed by atoms with E-state index in [1.807, 2.05) is 7.11 Å². The van der Waals surface area contributed by atoms with Gasteiger partial charge in [0.1, 0.15) is 0 Å². The van der Waals surface area contributed by atoms with Crippen molar-refractivity contribution in [2.24, 2.45) is 23.2 Å². The van der Waals surface area contributed by atoms with Crippen molar-refractivity contribution in [2.45, 2.75) is 115 Å². The molecule has 0 spiro atoms. The Morgan fingerprint density at radius 3 is 1.85 bits per heavy atom. The van der Waals surface area contributed by atoms with Crippen LogP contribution in [0.1, 0.15) is 103 Å². The first-order chi connectivity index (χ1) is 13.2. The van der Waals surface area contributed by atoms with Gasteiger partial charge in [-0.3, -0.25) is 0 Å². The van der Waals surface area contributed by atoms with Gasteiger partial charge in [0.05, 0.1) is 12.2 Å². The first-order valence-corrected chi connectivity index (χ1v) is 12.0. The lowest BCUT2D eigenvalue weighted by molar-refractivity contribution is -0.0818. The Labute approximate surface area is 167 Å². The van der Waals surface area contributed by atoms with Crippen LogP contribution in [0, 0.1) is 23.2 Å². The molecule has 0 aromatic carbocycles. The van der Waals surface area contributed by atoms with Crippen LogP contribution in [0.15, 0.2) is 0 Å². The Bertz CT molecular complexity index is 404. The summed E-state index contributed by atoms with van der Waals surface area (Å²) in [6, 6.07) is 0. The fourth-order valence-corrected chi connectivity index (χ4v) is 7.24. The average molecular weight is 381 g/mol. The number of rotatable bonds is 8. The lowest BCUT2D eigenvalue weighted by Gasteiger charge is -2.56. The number of hydrogen-bond donors (Lipinski definition) is 2. The van der Waals surface area contributed by atoms with Gasteiger partial charge in [-0.25, -0.2) is 0 Å². The quantitative estimate of drug-likeness (QED) is 0.549. The Balaban J connectivity index is 1.85. The first kappa shape index (κ1) is 21.6. The Kier molecular flexibility index (Phi) is 8.47. The van der Waals surface area contributed by atoms with E-state index in [1.165, 1.54) is 83.5 Å². The van der Waals surface area contributed by atoms with Crippen LogP contribution >= 0.6 is 0 Å². The van der Waals surface area contributed by atoms with Gasteiger partial charge < -0.3 is 14.9 Å². The van der Waals surface area contributed by atoms with Gasteiger partial charge in [-0.15, -0.1) is 0 Å². The number of aliphatic hydroxyl groups excluding tert-OH is 2. The minimum atomic E-state index is -0.0630. The molecule has 3 fully saturated rings. The lowest BCUT2D eigenvalue weighted by atomic mass is 9.49. The molecule has 1 atom stereocenters. The van der Waals surface area contributed by atoms with E-state index >= 15 is 0 Å². The number of aliphatic hydroxyl groups is 2. The van der Waals surface area contributed by atoms with Gasteiger partial charge in [0, 0.05) is 13.7 Å². The molecular formula is C24H44O3. The minimum Gasteiger partial charge on any atom is -0.396 e. The van der Waals surface area contributed by atoms with Crippen molar-refractivity contribution in [3.63, 3.8) is 0 Å². The smallest absolute Gasteiger partial charge is 0.0571 e. The zero-order valence-corrected chi connectivity index (χ0v) is 17.7. The zero-order valence-electron chi connectivity index (χ0n) is 17.7. The second-order valence-electron chi connectivity index (χ2n) is 9.84. The van der Waals surface area contributed by atoms with Gasteiger partial charge in [-0.2, -0.15) is 0 Å². The van der Waals surface area contributed by atoms with E-state index < -0.39 is 0 Å². The van der Waals surface area contributed by atoms with Gasteiger partial charge in [0.2, 0.25) is 0 Å². The molecule has 3 nitrogen and oxygen atoms in total. The molecule has 0 saturated heterocycles. The van der Waals surface area contributed by atoms with E-state index in [0.717, 1.165) is 37.0 Å². The van der Waals surface area contributed by atoms with Crippen molar-refractivity contribution in [3.8, 4) is 0 Å². The number of ether oxygens (including phenoxy) is 1. The molecule has 0 heterocycles. The van der Waals surface area contributed by atoms with Gasteiger partial charge in [0.15, 0.2) is 0 Å². The number of hydrogen-bond acceptors (Lipinski definition) is 3. The van der Waals surface area contributed by atoms with Gasteiger partial charge in [-0.1, -0.05) is 25.7 Å². The van der Waals surface area contributed by atoms with Crippen molar-refractivity contribution in [2.75, 3.05) is 13.7 Å². The summed E-state index contributed by atoms with van der Waals surface area (Å²) < 4.78 is 5.69. The molecule has 1 unspecified atom stereocenters. The van der Waals surface area contributed by atoms with E-state index in [1.54, 1.807) is 0 Å². The summed E-state index contributed by atoms with van der Waals surface area (Å²) in [4.78, 5) is 0. The topological polar surface area (TPSA) is 49.7 Å². The highest BCUT2D eigenvalue weighted by molar-refractivity contribution is 5.00. The maximum absolute atomic E-state index is 10.1. The highest BCUT2D eigenvalue weighted by atomic mass is 16.5. The summed E-state index contributed by atoms with van der Waals surface area (Å²) in [7, 11) is 1.88. The molecule has 3 saturated carbocycles. The molecular weight excluding hydrogens is 336 g/mol. The largest absolute Gasteiger partial charge is 0.396 e. The maximum atomic E-state index is 10.1. The molecule has 0 radical (unpaired) electrons. The third kappa shape index (κ3) is 5.08. The second kappa shape index (κ2) is 10.6. The van der Waals surface area contributed by atoms with E-state index in [4.69, 9.17) is 4.74 Å². The summed E-state index contributed by atoms with van der Waals surface area (Å²) in [6.07, 6.45) is 20.5. The summed E-state index contributed by atoms with van der Waals surface area (Å²) in [5.74, 6) is 2.48. The molecule has 0 bridgehead atoms. The SMILES string of the molecule is COC1CCC(C(CCCCO)(C2CCCCC2)C2CCC(O)CC2)CC1.